The molecule has 0 bridgehead atoms. The maximum atomic E-state index is 13.2. The van der Waals surface area contributed by atoms with E-state index in [9.17, 15) is 14.0 Å². The zero-order chi connectivity index (χ0) is 17.5. The second-order valence-corrected chi connectivity index (χ2v) is 5.69. The van der Waals surface area contributed by atoms with E-state index in [1.54, 1.807) is 30.3 Å². The third kappa shape index (κ3) is 5.08. The SMILES string of the molecule is CC(C)[C@@H](NC(=O)Nc1ccccc1)C(=O)Nc1cccc(F)c1. The lowest BCUT2D eigenvalue weighted by atomic mass is 10.0. The molecule has 24 heavy (non-hydrogen) atoms. The van der Waals surface area contributed by atoms with Crippen LogP contribution >= 0.6 is 0 Å². The van der Waals surface area contributed by atoms with Crippen LogP contribution in [0.2, 0.25) is 0 Å². The molecule has 0 unspecified atom stereocenters. The molecule has 5 nitrogen and oxygen atoms in total. The van der Waals surface area contributed by atoms with E-state index in [4.69, 9.17) is 0 Å². The first-order valence-corrected chi connectivity index (χ1v) is 7.64. The van der Waals surface area contributed by atoms with Crippen molar-refractivity contribution in [2.24, 2.45) is 5.92 Å². The Labute approximate surface area is 140 Å². The number of rotatable bonds is 5. The van der Waals surface area contributed by atoms with E-state index in [1.165, 1.54) is 18.2 Å². The molecule has 0 aromatic heterocycles. The van der Waals surface area contributed by atoms with E-state index in [0.717, 1.165) is 0 Å². The summed E-state index contributed by atoms with van der Waals surface area (Å²) in [6.45, 7) is 3.64. The van der Waals surface area contributed by atoms with Gasteiger partial charge in [-0.1, -0.05) is 38.1 Å². The fourth-order valence-electron chi connectivity index (χ4n) is 2.15. The van der Waals surface area contributed by atoms with Crippen LogP contribution in [-0.4, -0.2) is 18.0 Å². The first kappa shape index (κ1) is 17.5. The number of para-hydroxylation sites is 1. The molecule has 0 aliphatic rings. The molecule has 0 saturated heterocycles. The smallest absolute Gasteiger partial charge is 0.319 e. The number of hydrogen-bond acceptors (Lipinski definition) is 2. The van der Waals surface area contributed by atoms with Crippen LogP contribution in [0, 0.1) is 11.7 Å². The van der Waals surface area contributed by atoms with Gasteiger partial charge in [0, 0.05) is 11.4 Å². The third-order valence-electron chi connectivity index (χ3n) is 3.36. The Balaban J connectivity index is 2.00. The van der Waals surface area contributed by atoms with Crippen LogP contribution < -0.4 is 16.0 Å². The van der Waals surface area contributed by atoms with Gasteiger partial charge in [-0.15, -0.1) is 0 Å². The van der Waals surface area contributed by atoms with E-state index >= 15 is 0 Å². The second-order valence-electron chi connectivity index (χ2n) is 5.69. The van der Waals surface area contributed by atoms with Crippen LogP contribution in [0.4, 0.5) is 20.6 Å². The molecule has 0 aliphatic heterocycles. The summed E-state index contributed by atoms with van der Waals surface area (Å²) >= 11 is 0. The summed E-state index contributed by atoms with van der Waals surface area (Å²) in [7, 11) is 0. The van der Waals surface area contributed by atoms with Gasteiger partial charge < -0.3 is 16.0 Å². The van der Waals surface area contributed by atoms with Crippen molar-refractivity contribution >= 4 is 23.3 Å². The Morgan fingerprint density at radius 3 is 2.21 bits per heavy atom. The van der Waals surface area contributed by atoms with Crippen molar-refractivity contribution < 1.29 is 14.0 Å². The minimum absolute atomic E-state index is 0.139. The number of amides is 3. The van der Waals surface area contributed by atoms with Gasteiger partial charge in [-0.3, -0.25) is 4.79 Å². The Morgan fingerprint density at radius 1 is 0.917 bits per heavy atom. The molecule has 0 radical (unpaired) electrons. The number of carbonyl (C=O) groups is 2. The van der Waals surface area contributed by atoms with Gasteiger partial charge >= 0.3 is 6.03 Å². The Bertz CT molecular complexity index is 704. The van der Waals surface area contributed by atoms with Gasteiger partial charge in [0.25, 0.3) is 0 Å². The molecule has 2 aromatic carbocycles. The van der Waals surface area contributed by atoms with Gasteiger partial charge in [0.2, 0.25) is 5.91 Å². The molecule has 0 aliphatic carbocycles. The number of hydrogen-bond donors (Lipinski definition) is 3. The normalized spacial score (nSPS) is 11.7. The monoisotopic (exact) mass is 329 g/mol. The molecule has 3 N–H and O–H groups in total. The zero-order valence-corrected chi connectivity index (χ0v) is 13.5. The number of nitrogens with one attached hydrogen (secondary N) is 3. The summed E-state index contributed by atoms with van der Waals surface area (Å²) in [6.07, 6.45) is 0. The van der Waals surface area contributed by atoms with Crippen molar-refractivity contribution in [2.75, 3.05) is 10.6 Å². The Morgan fingerprint density at radius 2 is 1.58 bits per heavy atom. The average Bonchev–Trinajstić information content (AvgIpc) is 2.53. The summed E-state index contributed by atoms with van der Waals surface area (Å²) < 4.78 is 13.2. The molecule has 0 saturated carbocycles. The predicted octanol–water partition coefficient (Wildman–Crippen LogP) is 3.61. The summed E-state index contributed by atoms with van der Waals surface area (Å²) in [5.74, 6) is -0.984. The first-order valence-electron chi connectivity index (χ1n) is 7.64. The Hall–Kier alpha value is -2.89. The lowest BCUT2D eigenvalue weighted by Gasteiger charge is -2.22. The number of halogens is 1. The van der Waals surface area contributed by atoms with E-state index in [1.807, 2.05) is 19.9 Å². The summed E-state index contributed by atoms with van der Waals surface area (Å²) in [4.78, 5) is 24.5. The molecule has 126 valence electrons. The van der Waals surface area contributed by atoms with Crippen LogP contribution in [0.1, 0.15) is 13.8 Å². The number of anilines is 2. The highest BCUT2D eigenvalue weighted by molar-refractivity contribution is 5.99. The molecule has 0 spiro atoms. The van der Waals surface area contributed by atoms with Gasteiger partial charge in [-0.05, 0) is 36.2 Å². The lowest BCUT2D eigenvalue weighted by Crippen LogP contribution is -2.48. The van der Waals surface area contributed by atoms with E-state index < -0.39 is 23.8 Å². The van der Waals surface area contributed by atoms with Gasteiger partial charge in [0.1, 0.15) is 11.9 Å². The summed E-state index contributed by atoms with van der Waals surface area (Å²) in [6, 6.07) is 13.3. The molecular formula is C18H20FN3O2. The van der Waals surface area contributed by atoms with Crippen LogP contribution in [-0.2, 0) is 4.79 Å². The fraction of sp³-hybridized carbons (Fsp3) is 0.222. The van der Waals surface area contributed by atoms with Crippen molar-refractivity contribution in [3.63, 3.8) is 0 Å². The quantitative estimate of drug-likeness (QED) is 0.784. The summed E-state index contributed by atoms with van der Waals surface area (Å²) in [5, 5.41) is 7.92. The lowest BCUT2D eigenvalue weighted by molar-refractivity contribution is -0.118. The van der Waals surface area contributed by atoms with Crippen molar-refractivity contribution in [3.05, 3.63) is 60.4 Å². The minimum atomic E-state index is -0.753. The molecule has 3 amide bonds. The minimum Gasteiger partial charge on any atom is -0.326 e. The van der Waals surface area contributed by atoms with Crippen LogP contribution in [0.25, 0.3) is 0 Å². The number of benzene rings is 2. The topological polar surface area (TPSA) is 70.2 Å². The van der Waals surface area contributed by atoms with Crippen LogP contribution in [0.15, 0.2) is 54.6 Å². The van der Waals surface area contributed by atoms with Crippen LogP contribution in [0.5, 0.6) is 0 Å². The maximum Gasteiger partial charge on any atom is 0.319 e. The highest BCUT2D eigenvalue weighted by Crippen LogP contribution is 2.12. The predicted molar refractivity (Wildman–Crippen MR) is 92.3 cm³/mol. The van der Waals surface area contributed by atoms with Crippen molar-refractivity contribution in [3.8, 4) is 0 Å². The first-order chi connectivity index (χ1) is 11.5. The molecule has 1 atom stereocenters. The van der Waals surface area contributed by atoms with E-state index in [-0.39, 0.29) is 5.92 Å². The van der Waals surface area contributed by atoms with Gasteiger partial charge in [0.05, 0.1) is 0 Å². The van der Waals surface area contributed by atoms with Crippen LogP contribution in [0.3, 0.4) is 0 Å². The second kappa shape index (κ2) is 8.10. The molecule has 0 heterocycles. The van der Waals surface area contributed by atoms with Gasteiger partial charge in [-0.2, -0.15) is 0 Å². The molecule has 6 heteroatoms. The zero-order valence-electron chi connectivity index (χ0n) is 13.5. The fourth-order valence-corrected chi connectivity index (χ4v) is 2.15. The van der Waals surface area contributed by atoms with E-state index in [0.29, 0.717) is 11.4 Å². The molecule has 2 aromatic rings. The summed E-state index contributed by atoms with van der Waals surface area (Å²) in [5.41, 5.74) is 0.971. The third-order valence-corrected chi connectivity index (χ3v) is 3.36. The van der Waals surface area contributed by atoms with E-state index in [2.05, 4.69) is 16.0 Å². The maximum absolute atomic E-state index is 13.2. The van der Waals surface area contributed by atoms with Gasteiger partial charge in [-0.25, -0.2) is 9.18 Å². The molecule has 2 rings (SSSR count). The number of urea groups is 1. The van der Waals surface area contributed by atoms with Crippen molar-refractivity contribution in [1.29, 1.82) is 0 Å². The Kier molecular flexibility index (Phi) is 5.89. The average molecular weight is 329 g/mol. The van der Waals surface area contributed by atoms with Gasteiger partial charge in [0.15, 0.2) is 0 Å². The largest absolute Gasteiger partial charge is 0.326 e. The molecular weight excluding hydrogens is 309 g/mol. The number of carbonyl (C=O) groups excluding carboxylic acids is 2. The standard InChI is InChI=1S/C18H20FN3O2/c1-12(2)16(17(23)20-15-10-6-7-13(19)11-15)22-18(24)21-14-8-4-3-5-9-14/h3-12,16H,1-2H3,(H,20,23)(H2,21,22,24)/t16-/m1/s1. The van der Waals surface area contributed by atoms with Crippen molar-refractivity contribution in [1.82, 2.24) is 5.32 Å². The molecule has 0 fully saturated rings. The van der Waals surface area contributed by atoms with Crippen molar-refractivity contribution in [2.45, 2.75) is 19.9 Å². The highest BCUT2D eigenvalue weighted by Gasteiger charge is 2.24. The highest BCUT2D eigenvalue weighted by atomic mass is 19.1.